The molecule has 0 radical (unpaired) electrons. The molecule has 3 nitrogen and oxygen atoms in total. The summed E-state index contributed by atoms with van der Waals surface area (Å²) in [6.45, 7) is 4.37. The summed E-state index contributed by atoms with van der Waals surface area (Å²) in [4.78, 5) is 2.22. The molecule has 2 aromatic rings. The van der Waals surface area contributed by atoms with Crippen LogP contribution in [0.3, 0.4) is 0 Å². The summed E-state index contributed by atoms with van der Waals surface area (Å²) in [5, 5.41) is 7.00. The summed E-state index contributed by atoms with van der Waals surface area (Å²) in [6, 6.07) is 18.9. The first-order valence-corrected chi connectivity index (χ1v) is 7.46. The summed E-state index contributed by atoms with van der Waals surface area (Å²) >= 11 is 0. The number of anilines is 1. The molecule has 1 heterocycles. The van der Waals surface area contributed by atoms with Gasteiger partial charge in [0.05, 0.1) is 5.69 Å². The molecular weight excluding hydrogens is 258 g/mol. The van der Waals surface area contributed by atoms with Crippen LogP contribution in [0, 0.1) is 0 Å². The third-order valence-electron chi connectivity index (χ3n) is 4.10. The van der Waals surface area contributed by atoms with E-state index in [0.717, 1.165) is 17.8 Å². The Balaban J connectivity index is 2.02. The number of benzene rings is 2. The molecule has 1 aliphatic heterocycles. The molecule has 0 bridgehead atoms. The average molecular weight is 279 g/mol. The lowest BCUT2D eigenvalue weighted by Gasteiger charge is -2.27. The van der Waals surface area contributed by atoms with Gasteiger partial charge in [0, 0.05) is 12.6 Å². The van der Waals surface area contributed by atoms with Gasteiger partial charge in [0.2, 0.25) is 0 Å². The normalized spacial score (nSPS) is 18.0. The summed E-state index contributed by atoms with van der Waals surface area (Å²) in [6.07, 6.45) is 1.23. The van der Waals surface area contributed by atoms with Gasteiger partial charge in [-0.2, -0.15) is 5.10 Å². The molecule has 0 saturated heterocycles. The van der Waals surface area contributed by atoms with E-state index in [1.54, 1.807) is 0 Å². The fourth-order valence-electron chi connectivity index (χ4n) is 2.73. The second-order valence-electron chi connectivity index (χ2n) is 5.36. The van der Waals surface area contributed by atoms with Gasteiger partial charge < -0.3 is 4.90 Å². The van der Waals surface area contributed by atoms with Crippen molar-refractivity contribution in [2.45, 2.75) is 26.4 Å². The molecule has 21 heavy (non-hydrogen) atoms. The van der Waals surface area contributed by atoms with Gasteiger partial charge in [0.1, 0.15) is 6.17 Å². The molecule has 2 aromatic carbocycles. The third-order valence-corrected chi connectivity index (χ3v) is 4.10. The average Bonchev–Trinajstić information content (AvgIpc) is 2.84. The molecule has 0 saturated carbocycles. The third kappa shape index (κ3) is 2.40. The van der Waals surface area contributed by atoms with Crippen molar-refractivity contribution in [3.8, 4) is 0 Å². The molecule has 0 amide bonds. The Hall–Kier alpha value is -2.29. The number of nitrogens with zero attached hydrogens (tertiary/aromatic N) is 3. The SMILES string of the molecule is CCc1ccccc1N1N=C(c2ccccc2)N(C)C1C. The fourth-order valence-corrected chi connectivity index (χ4v) is 2.73. The zero-order valence-corrected chi connectivity index (χ0v) is 12.8. The number of aryl methyl sites for hydroxylation is 1. The quantitative estimate of drug-likeness (QED) is 0.853. The van der Waals surface area contributed by atoms with Crippen LogP contribution < -0.4 is 5.01 Å². The van der Waals surface area contributed by atoms with Gasteiger partial charge in [0.25, 0.3) is 0 Å². The van der Waals surface area contributed by atoms with E-state index in [1.165, 1.54) is 11.3 Å². The first kappa shape index (κ1) is 13.7. The van der Waals surface area contributed by atoms with E-state index in [9.17, 15) is 0 Å². The van der Waals surface area contributed by atoms with Crippen LogP contribution in [0.25, 0.3) is 0 Å². The fraction of sp³-hybridized carbons (Fsp3) is 0.278. The molecule has 3 rings (SSSR count). The van der Waals surface area contributed by atoms with E-state index in [-0.39, 0.29) is 6.17 Å². The van der Waals surface area contributed by atoms with Crippen LogP contribution >= 0.6 is 0 Å². The van der Waals surface area contributed by atoms with Crippen molar-refractivity contribution >= 4 is 11.5 Å². The van der Waals surface area contributed by atoms with Gasteiger partial charge in [-0.1, -0.05) is 55.5 Å². The largest absolute Gasteiger partial charge is 0.336 e. The lowest BCUT2D eigenvalue weighted by molar-refractivity contribution is 0.413. The topological polar surface area (TPSA) is 18.8 Å². The molecule has 1 atom stereocenters. The van der Waals surface area contributed by atoms with Gasteiger partial charge >= 0.3 is 0 Å². The smallest absolute Gasteiger partial charge is 0.157 e. The molecule has 0 aromatic heterocycles. The number of hydrogen-bond donors (Lipinski definition) is 0. The number of amidine groups is 1. The summed E-state index contributed by atoms with van der Waals surface area (Å²) in [5.74, 6) is 1.02. The Morgan fingerprint density at radius 3 is 2.38 bits per heavy atom. The maximum absolute atomic E-state index is 4.88. The van der Waals surface area contributed by atoms with Crippen LogP contribution in [-0.2, 0) is 6.42 Å². The second kappa shape index (κ2) is 5.60. The summed E-state index contributed by atoms with van der Waals surface area (Å²) in [7, 11) is 2.10. The monoisotopic (exact) mass is 279 g/mol. The first-order chi connectivity index (χ1) is 10.2. The van der Waals surface area contributed by atoms with Crippen LogP contribution in [-0.4, -0.2) is 23.9 Å². The van der Waals surface area contributed by atoms with E-state index in [2.05, 4.69) is 79.3 Å². The Bertz CT molecular complexity index is 649. The predicted octanol–water partition coefficient (Wildman–Crippen LogP) is 3.71. The summed E-state index contributed by atoms with van der Waals surface area (Å²) in [5.41, 5.74) is 3.68. The van der Waals surface area contributed by atoms with E-state index in [4.69, 9.17) is 5.10 Å². The Labute approximate surface area is 126 Å². The number of hydrogen-bond acceptors (Lipinski definition) is 3. The van der Waals surface area contributed by atoms with E-state index in [0.29, 0.717) is 0 Å². The van der Waals surface area contributed by atoms with Crippen LogP contribution in [0.5, 0.6) is 0 Å². The maximum atomic E-state index is 4.88. The molecule has 108 valence electrons. The highest BCUT2D eigenvalue weighted by Crippen LogP contribution is 2.29. The zero-order valence-electron chi connectivity index (χ0n) is 12.8. The van der Waals surface area contributed by atoms with Gasteiger partial charge in [-0.3, -0.25) is 0 Å². The van der Waals surface area contributed by atoms with Crippen LogP contribution in [0.2, 0.25) is 0 Å². The minimum Gasteiger partial charge on any atom is -0.336 e. The highest BCUT2D eigenvalue weighted by Gasteiger charge is 2.30. The first-order valence-electron chi connectivity index (χ1n) is 7.46. The highest BCUT2D eigenvalue weighted by molar-refractivity contribution is 6.00. The lowest BCUT2D eigenvalue weighted by atomic mass is 10.1. The Morgan fingerprint density at radius 2 is 1.67 bits per heavy atom. The van der Waals surface area contributed by atoms with Gasteiger partial charge in [-0.05, 0) is 25.0 Å². The van der Waals surface area contributed by atoms with Crippen molar-refractivity contribution in [1.82, 2.24) is 4.90 Å². The van der Waals surface area contributed by atoms with E-state index in [1.807, 2.05) is 6.07 Å². The second-order valence-corrected chi connectivity index (χ2v) is 5.36. The van der Waals surface area contributed by atoms with Gasteiger partial charge in [-0.15, -0.1) is 0 Å². The van der Waals surface area contributed by atoms with Crippen molar-refractivity contribution in [3.63, 3.8) is 0 Å². The minimum atomic E-state index is 0.216. The van der Waals surface area contributed by atoms with Crippen molar-refractivity contribution in [2.75, 3.05) is 12.1 Å². The Kier molecular flexibility index (Phi) is 3.65. The lowest BCUT2D eigenvalue weighted by Crippen LogP contribution is -2.37. The van der Waals surface area contributed by atoms with E-state index >= 15 is 0 Å². The van der Waals surface area contributed by atoms with Crippen molar-refractivity contribution < 1.29 is 0 Å². The molecule has 0 aliphatic carbocycles. The standard InChI is InChI=1S/C18H21N3/c1-4-15-10-8-9-13-17(15)21-14(2)20(3)18(19-21)16-11-6-5-7-12-16/h5-14H,4H2,1-3H3. The molecule has 0 fully saturated rings. The van der Waals surface area contributed by atoms with Crippen LogP contribution in [0.1, 0.15) is 25.0 Å². The molecule has 0 spiro atoms. The minimum absolute atomic E-state index is 0.216. The Morgan fingerprint density at radius 1 is 1.00 bits per heavy atom. The maximum Gasteiger partial charge on any atom is 0.157 e. The zero-order chi connectivity index (χ0) is 14.8. The summed E-state index contributed by atoms with van der Waals surface area (Å²) < 4.78 is 0. The molecule has 0 N–H and O–H groups in total. The number of para-hydroxylation sites is 1. The molecule has 3 heteroatoms. The van der Waals surface area contributed by atoms with Crippen LogP contribution in [0.4, 0.5) is 5.69 Å². The van der Waals surface area contributed by atoms with Gasteiger partial charge in [0.15, 0.2) is 5.84 Å². The molecule has 1 unspecified atom stereocenters. The number of hydrazone groups is 1. The van der Waals surface area contributed by atoms with E-state index < -0.39 is 0 Å². The highest BCUT2D eigenvalue weighted by atomic mass is 15.6. The predicted molar refractivity (Wildman–Crippen MR) is 88.5 cm³/mol. The molecule has 1 aliphatic rings. The van der Waals surface area contributed by atoms with Gasteiger partial charge in [-0.25, -0.2) is 5.01 Å². The molecular formula is C18H21N3. The van der Waals surface area contributed by atoms with Crippen molar-refractivity contribution in [1.29, 1.82) is 0 Å². The van der Waals surface area contributed by atoms with Crippen molar-refractivity contribution in [2.24, 2.45) is 5.10 Å². The van der Waals surface area contributed by atoms with Crippen molar-refractivity contribution in [3.05, 3.63) is 65.7 Å². The number of rotatable bonds is 3. The van der Waals surface area contributed by atoms with Crippen LogP contribution in [0.15, 0.2) is 59.7 Å².